The fourth-order valence-corrected chi connectivity index (χ4v) is 2.80. The number of anilines is 1. The summed E-state index contributed by atoms with van der Waals surface area (Å²) in [6.07, 6.45) is -2.17. The minimum atomic E-state index is -2.66. The van der Waals surface area contributed by atoms with Crippen molar-refractivity contribution in [1.82, 2.24) is 9.78 Å². The first-order valence-corrected chi connectivity index (χ1v) is 8.08. The van der Waals surface area contributed by atoms with Crippen molar-refractivity contribution in [2.75, 3.05) is 18.9 Å². The molecule has 2 aromatic carbocycles. The number of benzene rings is 2. The van der Waals surface area contributed by atoms with Crippen LogP contribution in [0.5, 0.6) is 5.75 Å². The predicted octanol–water partition coefficient (Wildman–Crippen LogP) is 3.45. The number of nitrogens with zero attached hydrogens (tertiary/aromatic N) is 2. The van der Waals surface area contributed by atoms with Gasteiger partial charge < -0.3 is 15.6 Å². The van der Waals surface area contributed by atoms with Crippen molar-refractivity contribution in [3.8, 4) is 16.9 Å². The molecule has 1 heterocycles. The quantitative estimate of drug-likeness (QED) is 0.673. The van der Waals surface area contributed by atoms with Crippen LogP contribution in [0.2, 0.25) is 0 Å². The summed E-state index contributed by atoms with van der Waals surface area (Å²) in [7, 11) is 0. The van der Waals surface area contributed by atoms with Gasteiger partial charge in [-0.05, 0) is 36.2 Å². The van der Waals surface area contributed by atoms with Gasteiger partial charge in [0, 0.05) is 18.5 Å². The largest absolute Gasteiger partial charge is 0.487 e. The zero-order chi connectivity index (χ0) is 18.7. The number of alkyl halides is 2. The van der Waals surface area contributed by atoms with Crippen molar-refractivity contribution in [3.05, 3.63) is 42.2 Å². The van der Waals surface area contributed by atoms with Crippen LogP contribution in [-0.4, -0.2) is 34.5 Å². The van der Waals surface area contributed by atoms with Gasteiger partial charge in [-0.1, -0.05) is 12.1 Å². The maximum atomic E-state index is 14.4. The zero-order valence-electron chi connectivity index (χ0n) is 13.8. The molecule has 0 amide bonds. The lowest BCUT2D eigenvalue weighted by Gasteiger charge is -2.13. The normalized spacial score (nSPS) is 11.4. The molecule has 0 saturated heterocycles. The molecule has 3 N–H and O–H groups in total. The molecule has 0 bridgehead atoms. The molecule has 0 unspecified atom stereocenters. The maximum Gasteiger partial charge on any atom is 0.272 e. The second-order valence-electron chi connectivity index (χ2n) is 5.73. The Morgan fingerprint density at radius 1 is 1.23 bits per heavy atom. The van der Waals surface area contributed by atoms with Gasteiger partial charge in [-0.15, -0.1) is 0 Å². The number of hydrogen-bond donors (Lipinski definition) is 2. The maximum absolute atomic E-state index is 14.4. The van der Waals surface area contributed by atoms with E-state index >= 15 is 0 Å². The molecule has 0 spiro atoms. The predicted molar refractivity (Wildman–Crippen MR) is 92.7 cm³/mol. The van der Waals surface area contributed by atoms with Crippen LogP contribution in [0.25, 0.3) is 22.0 Å². The molecule has 0 saturated carbocycles. The summed E-state index contributed by atoms with van der Waals surface area (Å²) < 4.78 is 46.1. The molecule has 0 aliphatic carbocycles. The fourth-order valence-electron chi connectivity index (χ4n) is 2.80. The second-order valence-corrected chi connectivity index (χ2v) is 5.73. The number of ether oxygens (including phenoxy) is 1. The van der Waals surface area contributed by atoms with Gasteiger partial charge in [0.15, 0.2) is 5.82 Å². The van der Waals surface area contributed by atoms with Gasteiger partial charge in [-0.3, -0.25) is 4.68 Å². The van der Waals surface area contributed by atoms with E-state index in [-0.39, 0.29) is 17.9 Å². The highest BCUT2D eigenvalue weighted by Crippen LogP contribution is 2.35. The van der Waals surface area contributed by atoms with E-state index in [4.69, 9.17) is 15.6 Å². The van der Waals surface area contributed by atoms with Crippen molar-refractivity contribution >= 4 is 16.7 Å². The summed E-state index contributed by atoms with van der Waals surface area (Å²) in [5, 5.41) is 13.9. The van der Waals surface area contributed by atoms with E-state index in [1.165, 1.54) is 18.2 Å². The van der Waals surface area contributed by atoms with E-state index in [2.05, 4.69) is 5.10 Å². The van der Waals surface area contributed by atoms with Crippen LogP contribution in [0.1, 0.15) is 6.42 Å². The number of rotatable bonds is 7. The highest BCUT2D eigenvalue weighted by molar-refractivity contribution is 5.93. The van der Waals surface area contributed by atoms with Gasteiger partial charge in [0.2, 0.25) is 0 Å². The monoisotopic (exact) mass is 365 g/mol. The van der Waals surface area contributed by atoms with Gasteiger partial charge in [0.1, 0.15) is 18.2 Å². The molecule has 3 rings (SSSR count). The van der Waals surface area contributed by atoms with Crippen molar-refractivity contribution in [1.29, 1.82) is 0 Å². The van der Waals surface area contributed by atoms with Crippen LogP contribution in [0, 0.1) is 5.82 Å². The first kappa shape index (κ1) is 18.1. The number of hydrogen-bond acceptors (Lipinski definition) is 4. The van der Waals surface area contributed by atoms with E-state index < -0.39 is 18.8 Å². The van der Waals surface area contributed by atoms with Gasteiger partial charge in [-0.2, -0.15) is 5.10 Å². The molecule has 138 valence electrons. The molecule has 0 aliphatic rings. The molecule has 8 heteroatoms. The molecular formula is C18H18F3N3O2. The van der Waals surface area contributed by atoms with E-state index in [1.807, 2.05) is 0 Å². The Labute approximate surface area is 147 Å². The van der Waals surface area contributed by atoms with Crippen molar-refractivity contribution < 1.29 is 23.0 Å². The highest BCUT2D eigenvalue weighted by Gasteiger charge is 2.16. The molecule has 3 aromatic rings. The summed E-state index contributed by atoms with van der Waals surface area (Å²) in [6.45, 7) is -0.375. The van der Waals surface area contributed by atoms with E-state index in [0.29, 0.717) is 35.2 Å². The lowest BCUT2D eigenvalue weighted by atomic mass is 10.0. The third-order valence-electron chi connectivity index (χ3n) is 3.94. The number of halogens is 3. The first-order chi connectivity index (χ1) is 12.5. The average molecular weight is 365 g/mol. The van der Waals surface area contributed by atoms with Crippen LogP contribution in [0.3, 0.4) is 0 Å². The number of nitrogens with two attached hydrogens (primary N) is 1. The summed E-state index contributed by atoms with van der Waals surface area (Å²) in [5.41, 5.74) is 7.13. The Bertz CT molecular complexity index is 912. The van der Waals surface area contributed by atoms with Gasteiger partial charge in [0.05, 0.1) is 11.1 Å². The third-order valence-corrected chi connectivity index (χ3v) is 3.94. The second kappa shape index (κ2) is 7.65. The van der Waals surface area contributed by atoms with Crippen molar-refractivity contribution in [3.63, 3.8) is 0 Å². The van der Waals surface area contributed by atoms with Crippen LogP contribution < -0.4 is 10.5 Å². The third kappa shape index (κ3) is 3.60. The highest BCUT2D eigenvalue weighted by atomic mass is 19.3. The van der Waals surface area contributed by atoms with Crippen LogP contribution >= 0.6 is 0 Å². The fraction of sp³-hybridized carbons (Fsp3) is 0.278. The van der Waals surface area contributed by atoms with Crippen molar-refractivity contribution in [2.24, 2.45) is 0 Å². The minimum Gasteiger partial charge on any atom is -0.487 e. The molecule has 5 nitrogen and oxygen atoms in total. The minimum absolute atomic E-state index is 0.000120. The Morgan fingerprint density at radius 3 is 2.77 bits per heavy atom. The molecule has 0 aliphatic heterocycles. The van der Waals surface area contributed by atoms with Crippen molar-refractivity contribution in [2.45, 2.75) is 19.4 Å². The number of aromatic nitrogens is 2. The lowest BCUT2D eigenvalue weighted by molar-refractivity contribution is 0.0820. The Balaban J connectivity index is 2.08. The van der Waals surface area contributed by atoms with Crippen LogP contribution in [0.15, 0.2) is 36.4 Å². The van der Waals surface area contributed by atoms with E-state index in [0.717, 1.165) is 0 Å². The van der Waals surface area contributed by atoms with Gasteiger partial charge in [0.25, 0.3) is 6.43 Å². The van der Waals surface area contributed by atoms with E-state index in [9.17, 15) is 13.2 Å². The zero-order valence-corrected chi connectivity index (χ0v) is 13.8. The summed E-state index contributed by atoms with van der Waals surface area (Å²) in [4.78, 5) is 0. The molecule has 0 radical (unpaired) electrons. The van der Waals surface area contributed by atoms with E-state index in [1.54, 1.807) is 22.9 Å². The number of nitrogen functional groups attached to an aromatic ring is 1. The Morgan fingerprint density at radius 2 is 2.04 bits per heavy atom. The molecule has 1 aromatic heterocycles. The number of aliphatic hydroxyl groups is 1. The standard InChI is InChI=1S/C18H18F3N3O2/c19-13-3-1-4-15(26-10-16(20)21)17(13)11-5-6-12-14(9-11)24(7-2-8-25)23-18(12)22/h1,3-6,9,16,25H,2,7-8,10H2,(H2,22,23). The average Bonchev–Trinajstić information content (AvgIpc) is 2.93. The summed E-state index contributed by atoms with van der Waals surface area (Å²) in [6, 6.07) is 9.12. The summed E-state index contributed by atoms with van der Waals surface area (Å²) >= 11 is 0. The Hall–Kier alpha value is -2.74. The van der Waals surface area contributed by atoms with Gasteiger partial charge in [-0.25, -0.2) is 13.2 Å². The van der Waals surface area contributed by atoms with Gasteiger partial charge >= 0.3 is 0 Å². The smallest absolute Gasteiger partial charge is 0.272 e. The topological polar surface area (TPSA) is 73.3 Å². The number of fused-ring (bicyclic) bond motifs is 1. The first-order valence-electron chi connectivity index (χ1n) is 8.08. The molecular weight excluding hydrogens is 347 g/mol. The number of aryl methyl sites for hydroxylation is 1. The number of aliphatic hydroxyl groups excluding tert-OH is 1. The van der Waals surface area contributed by atoms with Crippen LogP contribution in [0.4, 0.5) is 19.0 Å². The Kier molecular flexibility index (Phi) is 5.32. The SMILES string of the molecule is Nc1nn(CCCO)c2cc(-c3c(F)cccc3OCC(F)F)ccc12. The summed E-state index contributed by atoms with van der Waals surface area (Å²) in [5.74, 6) is -0.211. The molecule has 0 atom stereocenters. The lowest BCUT2D eigenvalue weighted by Crippen LogP contribution is -2.08. The molecule has 0 fully saturated rings. The van der Waals surface area contributed by atoms with Crippen LogP contribution in [-0.2, 0) is 6.54 Å². The molecule has 26 heavy (non-hydrogen) atoms.